The highest BCUT2D eigenvalue weighted by atomic mass is 19.3. The van der Waals surface area contributed by atoms with Crippen LogP contribution in [0.3, 0.4) is 0 Å². The number of hydrogen-bond donors (Lipinski definition) is 0. The van der Waals surface area contributed by atoms with Crippen molar-refractivity contribution in [1.82, 2.24) is 9.88 Å². The molecule has 0 saturated carbocycles. The van der Waals surface area contributed by atoms with Crippen molar-refractivity contribution >= 4 is 22.6 Å². The predicted octanol–water partition coefficient (Wildman–Crippen LogP) is 5.92. The molecule has 7 heteroatoms. The topological polar surface area (TPSA) is 74.1 Å². The van der Waals surface area contributed by atoms with Gasteiger partial charge in [-0.25, -0.2) is 8.78 Å². The molecule has 0 N–H and O–H groups in total. The molecule has 0 aliphatic carbocycles. The molecule has 5 nitrogen and oxygen atoms in total. The number of hydrogen-bond acceptors (Lipinski definition) is 4. The van der Waals surface area contributed by atoms with E-state index in [2.05, 4.69) is 50.0 Å². The molecule has 1 fully saturated rings. The lowest BCUT2D eigenvalue weighted by Crippen LogP contribution is -2.36. The number of halogens is 2. The monoisotopic (exact) mass is 475 g/mol. The lowest BCUT2D eigenvalue weighted by atomic mass is 9.86. The Bertz CT molecular complexity index is 1320. The Labute approximate surface area is 203 Å². The average molecular weight is 476 g/mol. The largest absolute Gasteiger partial charge is 0.320 e. The fraction of sp³-hybridized carbons (Fsp3) is 0.357. The van der Waals surface area contributed by atoms with Gasteiger partial charge in [-0.05, 0) is 40.3 Å². The number of nitrogens with zero attached hydrogens (tertiary/aromatic N) is 3. The Balaban J connectivity index is 1.55. The van der Waals surface area contributed by atoms with Crippen molar-refractivity contribution in [3.8, 4) is 17.2 Å². The van der Waals surface area contributed by atoms with Crippen LogP contribution in [0.1, 0.15) is 56.0 Å². The highest BCUT2D eigenvalue weighted by Gasteiger charge is 2.47. The van der Waals surface area contributed by atoms with Crippen LogP contribution in [0, 0.1) is 11.3 Å². The van der Waals surface area contributed by atoms with Gasteiger partial charge in [-0.1, -0.05) is 51.1 Å². The molecule has 1 aromatic heterocycles. The number of Topliss-reactive ketones (excluding diaryl/α,β-unsaturated/α-hetero) is 1. The van der Waals surface area contributed by atoms with Crippen LogP contribution in [0.5, 0.6) is 0 Å². The highest BCUT2D eigenvalue weighted by Crippen LogP contribution is 2.33. The lowest BCUT2D eigenvalue weighted by Gasteiger charge is -2.19. The maximum Gasteiger partial charge on any atom is 0.268 e. The van der Waals surface area contributed by atoms with E-state index in [-0.39, 0.29) is 24.0 Å². The van der Waals surface area contributed by atoms with E-state index in [0.717, 1.165) is 16.0 Å². The number of fused-ring (bicyclic) bond motifs is 1. The first-order valence-electron chi connectivity index (χ1n) is 11.6. The molecule has 1 saturated heterocycles. The van der Waals surface area contributed by atoms with Gasteiger partial charge in [0.25, 0.3) is 5.92 Å². The zero-order valence-corrected chi connectivity index (χ0v) is 20.0. The van der Waals surface area contributed by atoms with Crippen molar-refractivity contribution in [1.29, 1.82) is 5.26 Å². The smallest absolute Gasteiger partial charge is 0.268 e. The zero-order chi connectivity index (χ0) is 25.4. The van der Waals surface area contributed by atoms with E-state index in [1.807, 2.05) is 18.2 Å². The van der Waals surface area contributed by atoms with Crippen LogP contribution < -0.4 is 0 Å². The van der Waals surface area contributed by atoms with Gasteiger partial charge in [0.1, 0.15) is 6.04 Å². The van der Waals surface area contributed by atoms with Gasteiger partial charge in [-0.3, -0.25) is 14.6 Å². The first-order chi connectivity index (χ1) is 16.5. The maximum absolute atomic E-state index is 13.7. The second-order valence-corrected chi connectivity index (χ2v) is 10.1. The summed E-state index contributed by atoms with van der Waals surface area (Å²) in [5.74, 6) is -3.96. The minimum atomic E-state index is -3.08. The van der Waals surface area contributed by atoms with E-state index in [4.69, 9.17) is 5.26 Å². The second kappa shape index (κ2) is 9.18. The third-order valence-corrected chi connectivity index (χ3v) is 6.43. The normalized spacial score (nSPS) is 17.4. The lowest BCUT2D eigenvalue weighted by molar-refractivity contribution is -0.132. The van der Waals surface area contributed by atoms with Gasteiger partial charge >= 0.3 is 0 Å². The zero-order valence-electron chi connectivity index (χ0n) is 20.0. The van der Waals surface area contributed by atoms with Gasteiger partial charge in [-0.15, -0.1) is 0 Å². The third-order valence-electron chi connectivity index (χ3n) is 6.43. The fourth-order valence-electron chi connectivity index (χ4n) is 4.42. The van der Waals surface area contributed by atoms with Crippen molar-refractivity contribution < 1.29 is 18.4 Å². The highest BCUT2D eigenvalue weighted by molar-refractivity contribution is 6.08. The van der Waals surface area contributed by atoms with E-state index in [1.165, 1.54) is 5.56 Å². The SMILES string of the molecule is CC(C)(C)c1ccc(-c2ccc3nccc(C(=O)CCC(=O)N4CC(F)(F)C[C@H]4C#N)c3c2)cc1. The summed E-state index contributed by atoms with van der Waals surface area (Å²) in [6.45, 7) is 5.68. The number of amides is 1. The molecular formula is C28H27F2N3O2. The molecule has 180 valence electrons. The van der Waals surface area contributed by atoms with Crippen LogP contribution in [0.15, 0.2) is 54.7 Å². The summed E-state index contributed by atoms with van der Waals surface area (Å²) in [5, 5.41) is 9.79. The third kappa shape index (κ3) is 5.22. The molecular weight excluding hydrogens is 448 g/mol. The molecule has 0 unspecified atom stereocenters. The average Bonchev–Trinajstić information content (AvgIpc) is 3.15. The van der Waals surface area contributed by atoms with Crippen molar-refractivity contribution in [3.05, 3.63) is 65.9 Å². The minimum absolute atomic E-state index is 0.0427. The summed E-state index contributed by atoms with van der Waals surface area (Å²) in [7, 11) is 0. The Kier molecular flexibility index (Phi) is 6.42. The molecule has 1 amide bonds. The number of rotatable bonds is 5. The molecule has 1 aliphatic heterocycles. The number of carbonyl (C=O) groups excluding carboxylic acids is 2. The molecule has 4 rings (SSSR count). The molecule has 35 heavy (non-hydrogen) atoms. The molecule has 2 aromatic carbocycles. The standard InChI is InChI=1S/C28H27F2N3O2/c1-27(2,3)20-7-4-18(5-8-20)19-6-9-24-23(14-19)22(12-13-32-24)25(34)10-11-26(35)33-17-28(29,30)15-21(33)16-31/h4-9,12-14,21H,10-11,15,17H2,1-3H3/t21-/m0/s1. The molecule has 2 heterocycles. The Morgan fingerprint density at radius 1 is 1.09 bits per heavy atom. The van der Waals surface area contributed by atoms with Crippen LogP contribution in [0.2, 0.25) is 0 Å². The number of benzene rings is 2. The van der Waals surface area contributed by atoms with Gasteiger partial charge < -0.3 is 4.90 Å². The van der Waals surface area contributed by atoms with Crippen LogP contribution >= 0.6 is 0 Å². The first-order valence-corrected chi connectivity index (χ1v) is 11.6. The van der Waals surface area contributed by atoms with E-state index in [9.17, 15) is 18.4 Å². The number of pyridine rings is 1. The summed E-state index contributed by atoms with van der Waals surface area (Å²) in [4.78, 5) is 30.8. The van der Waals surface area contributed by atoms with E-state index >= 15 is 0 Å². The number of ketones is 1. The Morgan fingerprint density at radius 2 is 1.77 bits per heavy atom. The van der Waals surface area contributed by atoms with Crippen LogP contribution in [-0.4, -0.2) is 40.1 Å². The number of nitriles is 1. The Morgan fingerprint density at radius 3 is 2.43 bits per heavy atom. The summed E-state index contributed by atoms with van der Waals surface area (Å²) in [5.41, 5.74) is 4.29. The Hall–Kier alpha value is -3.66. The number of likely N-dealkylation sites (tertiary alicyclic amines) is 1. The van der Waals surface area contributed by atoms with E-state index in [1.54, 1.807) is 18.3 Å². The number of aromatic nitrogens is 1. The van der Waals surface area contributed by atoms with E-state index < -0.39 is 30.8 Å². The summed E-state index contributed by atoms with van der Waals surface area (Å²) < 4.78 is 27.3. The van der Waals surface area contributed by atoms with E-state index in [0.29, 0.717) is 16.5 Å². The fourth-order valence-corrected chi connectivity index (χ4v) is 4.42. The van der Waals surface area contributed by atoms with Crippen molar-refractivity contribution in [2.24, 2.45) is 0 Å². The van der Waals surface area contributed by atoms with Crippen molar-refractivity contribution in [2.75, 3.05) is 6.54 Å². The van der Waals surface area contributed by atoms with Gasteiger partial charge in [0.2, 0.25) is 5.91 Å². The van der Waals surface area contributed by atoms with Gasteiger partial charge in [0, 0.05) is 36.4 Å². The molecule has 0 radical (unpaired) electrons. The van der Waals surface area contributed by atoms with Gasteiger partial charge in [0.15, 0.2) is 5.78 Å². The van der Waals surface area contributed by atoms with Crippen molar-refractivity contribution in [3.63, 3.8) is 0 Å². The molecule has 1 atom stereocenters. The van der Waals surface area contributed by atoms with Gasteiger partial charge in [0.05, 0.1) is 18.1 Å². The van der Waals surface area contributed by atoms with Crippen LogP contribution in [0.25, 0.3) is 22.0 Å². The second-order valence-electron chi connectivity index (χ2n) is 10.1. The molecule has 0 spiro atoms. The minimum Gasteiger partial charge on any atom is -0.320 e. The summed E-state index contributed by atoms with van der Waals surface area (Å²) >= 11 is 0. The molecule has 0 bridgehead atoms. The molecule has 1 aliphatic rings. The van der Waals surface area contributed by atoms with Crippen LogP contribution in [0.4, 0.5) is 8.78 Å². The van der Waals surface area contributed by atoms with Crippen LogP contribution in [-0.2, 0) is 10.2 Å². The van der Waals surface area contributed by atoms with Gasteiger partial charge in [-0.2, -0.15) is 5.26 Å². The van der Waals surface area contributed by atoms with Crippen molar-refractivity contribution in [2.45, 2.75) is 57.4 Å². The maximum atomic E-state index is 13.7. The predicted molar refractivity (Wildman–Crippen MR) is 130 cm³/mol. The first kappa shape index (κ1) is 24.5. The number of carbonyl (C=O) groups is 2. The number of alkyl halides is 2. The summed E-state index contributed by atoms with van der Waals surface area (Å²) in [6.07, 6.45) is 0.507. The quantitative estimate of drug-likeness (QED) is 0.429. The summed E-state index contributed by atoms with van der Waals surface area (Å²) in [6, 6.07) is 16.2. The molecule has 3 aromatic rings.